The van der Waals surface area contributed by atoms with Gasteiger partial charge in [-0.1, -0.05) is 0 Å². The van der Waals surface area contributed by atoms with E-state index in [9.17, 15) is 9.59 Å². The smallest absolute Gasteiger partial charge is 0.270 e. The van der Waals surface area contributed by atoms with Gasteiger partial charge in [0.2, 0.25) is 0 Å². The minimum atomic E-state index is -0.144. The molecule has 0 amide bonds. The summed E-state index contributed by atoms with van der Waals surface area (Å²) in [6.07, 6.45) is 5.38. The Labute approximate surface area is 200 Å². The molecule has 0 radical (unpaired) electrons. The lowest BCUT2D eigenvalue weighted by atomic mass is 10.0. The third-order valence-corrected chi connectivity index (χ3v) is 7.21. The fourth-order valence-corrected chi connectivity index (χ4v) is 5.08. The van der Waals surface area contributed by atoms with Crippen molar-refractivity contribution in [1.29, 1.82) is 0 Å². The van der Waals surface area contributed by atoms with Gasteiger partial charge in [0.1, 0.15) is 11.2 Å². The van der Waals surface area contributed by atoms with Gasteiger partial charge in [-0.15, -0.1) is 12.4 Å². The quantitative estimate of drug-likeness (QED) is 0.554. The van der Waals surface area contributed by atoms with Gasteiger partial charge < -0.3 is 10.2 Å². The molecular weight excluding hydrogens is 496 g/mol. The first-order valence-electron chi connectivity index (χ1n) is 10.7. The maximum absolute atomic E-state index is 12.6. The Hall–Kier alpha value is -2.07. The molecule has 2 aliphatic rings. The monoisotopic (exact) mass is 520 g/mol. The standard InChI is InChI=1S/C22H25BrN6O2.ClH/c1-14-18(23)8-15(9-24-14)10-25-16-4-6-27(7-5-16)12-17-13-28-21(31)11-26-19-2-3-20(30)29(17)22(19)28;/h2-3,8-9,11,16-17,25H,4-7,10,12-13H2,1H3;1H. The van der Waals surface area contributed by atoms with Crippen molar-refractivity contribution in [3.8, 4) is 0 Å². The second kappa shape index (κ2) is 9.43. The number of likely N-dealkylation sites (tertiary alicyclic amines) is 1. The molecule has 3 aromatic heterocycles. The van der Waals surface area contributed by atoms with Crippen molar-refractivity contribution in [2.45, 2.75) is 44.9 Å². The molecule has 10 heteroatoms. The van der Waals surface area contributed by atoms with E-state index in [2.05, 4.69) is 42.2 Å². The molecule has 170 valence electrons. The van der Waals surface area contributed by atoms with Crippen LogP contribution in [0.15, 0.2) is 44.7 Å². The van der Waals surface area contributed by atoms with Gasteiger partial charge in [0, 0.05) is 42.4 Å². The Morgan fingerprint density at radius 2 is 1.91 bits per heavy atom. The van der Waals surface area contributed by atoms with Crippen molar-refractivity contribution in [2.24, 2.45) is 0 Å². The number of rotatable bonds is 5. The molecular formula is C22H26BrClN6O2. The molecule has 1 atom stereocenters. The van der Waals surface area contributed by atoms with Gasteiger partial charge in [0.15, 0.2) is 0 Å². The largest absolute Gasteiger partial charge is 0.310 e. The molecule has 32 heavy (non-hydrogen) atoms. The summed E-state index contributed by atoms with van der Waals surface area (Å²) in [5.74, 6) is 0. The van der Waals surface area contributed by atoms with Crippen molar-refractivity contribution in [3.05, 3.63) is 67.0 Å². The maximum Gasteiger partial charge on any atom is 0.270 e. The van der Waals surface area contributed by atoms with Crippen molar-refractivity contribution in [1.82, 2.24) is 29.3 Å². The first-order valence-corrected chi connectivity index (χ1v) is 11.5. The highest BCUT2D eigenvalue weighted by molar-refractivity contribution is 9.10. The summed E-state index contributed by atoms with van der Waals surface area (Å²) in [7, 11) is 0. The van der Waals surface area contributed by atoms with Crippen molar-refractivity contribution < 1.29 is 0 Å². The molecule has 0 aromatic carbocycles. The number of halogens is 2. The molecule has 8 nitrogen and oxygen atoms in total. The van der Waals surface area contributed by atoms with E-state index in [4.69, 9.17) is 0 Å². The highest BCUT2D eigenvalue weighted by Crippen LogP contribution is 2.24. The normalized spacial score (nSPS) is 18.8. The Morgan fingerprint density at radius 1 is 1.12 bits per heavy atom. The zero-order chi connectivity index (χ0) is 21.5. The van der Waals surface area contributed by atoms with Crippen LogP contribution in [0, 0.1) is 6.92 Å². The number of pyridine rings is 2. The van der Waals surface area contributed by atoms with Crippen molar-refractivity contribution in [2.75, 3.05) is 19.6 Å². The second-order valence-corrected chi connectivity index (χ2v) is 9.33. The third-order valence-electron chi connectivity index (χ3n) is 6.41. The molecule has 2 aliphatic heterocycles. The third kappa shape index (κ3) is 4.39. The fraction of sp³-hybridized carbons (Fsp3) is 0.455. The fourth-order valence-electron chi connectivity index (χ4n) is 4.68. The summed E-state index contributed by atoms with van der Waals surface area (Å²) >= 11 is 3.55. The lowest BCUT2D eigenvalue weighted by molar-refractivity contribution is 0.171. The predicted octanol–water partition coefficient (Wildman–Crippen LogP) is 2.25. The van der Waals surface area contributed by atoms with Gasteiger partial charge in [-0.3, -0.25) is 23.7 Å². The number of hydrogen-bond donors (Lipinski definition) is 1. The van der Waals surface area contributed by atoms with Crippen LogP contribution in [0.4, 0.5) is 0 Å². The van der Waals surface area contributed by atoms with E-state index in [0.717, 1.165) is 49.2 Å². The Bertz CT molecular complexity index is 1250. The van der Waals surface area contributed by atoms with Gasteiger partial charge in [0.05, 0.1) is 17.9 Å². The van der Waals surface area contributed by atoms with Crippen LogP contribution in [0.25, 0.3) is 11.2 Å². The van der Waals surface area contributed by atoms with Gasteiger partial charge in [-0.05, 0) is 66.5 Å². The summed E-state index contributed by atoms with van der Waals surface area (Å²) in [5.41, 5.74) is 3.32. The molecule has 0 aliphatic carbocycles. The van der Waals surface area contributed by atoms with E-state index in [1.54, 1.807) is 21.3 Å². The first-order chi connectivity index (χ1) is 15.0. The van der Waals surface area contributed by atoms with Crippen molar-refractivity contribution in [3.63, 3.8) is 0 Å². The van der Waals surface area contributed by atoms with E-state index in [1.807, 2.05) is 13.1 Å². The molecule has 5 heterocycles. The lowest BCUT2D eigenvalue weighted by Gasteiger charge is -2.34. The van der Waals surface area contributed by atoms with E-state index in [-0.39, 0.29) is 29.6 Å². The number of nitrogens with zero attached hydrogens (tertiary/aromatic N) is 5. The molecule has 0 spiro atoms. The maximum atomic E-state index is 12.6. The number of aromatic nitrogens is 4. The summed E-state index contributed by atoms with van der Waals surface area (Å²) in [6, 6.07) is 5.81. The second-order valence-electron chi connectivity index (χ2n) is 8.48. The molecule has 1 N–H and O–H groups in total. The van der Waals surface area contributed by atoms with E-state index in [0.29, 0.717) is 23.8 Å². The van der Waals surface area contributed by atoms with Gasteiger partial charge in [-0.25, -0.2) is 4.98 Å². The molecule has 3 aromatic rings. The van der Waals surface area contributed by atoms with E-state index < -0.39 is 0 Å². The highest BCUT2D eigenvalue weighted by atomic mass is 79.9. The zero-order valence-corrected chi connectivity index (χ0v) is 20.2. The van der Waals surface area contributed by atoms with E-state index >= 15 is 0 Å². The van der Waals surface area contributed by atoms with Crippen LogP contribution >= 0.6 is 28.3 Å². The van der Waals surface area contributed by atoms with Crippen LogP contribution in [-0.4, -0.2) is 49.7 Å². The topological polar surface area (TPSA) is 85.1 Å². The molecule has 1 unspecified atom stereocenters. The lowest BCUT2D eigenvalue weighted by Crippen LogP contribution is -2.44. The zero-order valence-electron chi connectivity index (χ0n) is 17.8. The van der Waals surface area contributed by atoms with Gasteiger partial charge >= 0.3 is 0 Å². The van der Waals surface area contributed by atoms with Crippen LogP contribution < -0.4 is 16.4 Å². The number of hydrogen-bond acceptors (Lipinski definition) is 6. The minimum absolute atomic E-state index is 0. The van der Waals surface area contributed by atoms with Crippen LogP contribution in [0.1, 0.15) is 30.1 Å². The van der Waals surface area contributed by atoms with Crippen molar-refractivity contribution >= 4 is 39.5 Å². The first kappa shape index (κ1) is 23.1. The summed E-state index contributed by atoms with van der Waals surface area (Å²) in [5, 5.41) is 3.65. The van der Waals surface area contributed by atoms with Crippen LogP contribution in [0.2, 0.25) is 0 Å². The number of nitrogens with one attached hydrogen (secondary N) is 1. The van der Waals surface area contributed by atoms with Gasteiger partial charge in [0.25, 0.3) is 11.1 Å². The molecule has 0 bridgehead atoms. The number of aryl methyl sites for hydroxylation is 1. The average Bonchev–Trinajstić information content (AvgIpc) is 3.15. The Balaban J connectivity index is 0.00000245. The predicted molar refractivity (Wildman–Crippen MR) is 130 cm³/mol. The molecule has 0 saturated carbocycles. The molecule has 1 fully saturated rings. The SMILES string of the molecule is Cc1ncc(CNC2CCN(CC3Cn4c(=O)cnc5ccc(=O)n3c54)CC2)cc1Br.Cl. The molecule has 5 rings (SSSR count). The van der Waals surface area contributed by atoms with Crippen LogP contribution in [0.5, 0.6) is 0 Å². The van der Waals surface area contributed by atoms with Crippen LogP contribution in [0.3, 0.4) is 0 Å². The van der Waals surface area contributed by atoms with Gasteiger partial charge in [-0.2, -0.15) is 0 Å². The Kier molecular flexibility index (Phi) is 6.80. The average molecular weight is 522 g/mol. The van der Waals surface area contributed by atoms with Crippen LogP contribution in [-0.2, 0) is 13.1 Å². The summed E-state index contributed by atoms with van der Waals surface area (Å²) < 4.78 is 4.49. The molecule has 1 saturated heterocycles. The van der Waals surface area contributed by atoms with E-state index in [1.165, 1.54) is 11.8 Å². The summed E-state index contributed by atoms with van der Waals surface area (Å²) in [6.45, 7) is 6.03. The number of piperidine rings is 1. The highest BCUT2D eigenvalue weighted by Gasteiger charge is 2.29. The summed E-state index contributed by atoms with van der Waals surface area (Å²) in [4.78, 5) is 35.9. The minimum Gasteiger partial charge on any atom is -0.310 e. The Morgan fingerprint density at radius 3 is 2.66 bits per heavy atom.